The van der Waals surface area contributed by atoms with Gasteiger partial charge in [-0.1, -0.05) is 38.1 Å². The normalized spacial score (nSPS) is 11.0. The smallest absolute Gasteiger partial charge is 0.0719 e. The van der Waals surface area contributed by atoms with Gasteiger partial charge in [0.05, 0.1) is 6.61 Å². The molecule has 3 heteroatoms. The summed E-state index contributed by atoms with van der Waals surface area (Å²) in [4.78, 5) is 7.05. The molecule has 0 saturated heterocycles. The lowest BCUT2D eigenvalue weighted by atomic mass is 10.0. The Morgan fingerprint density at radius 3 is 2.31 bits per heavy atom. The Bertz CT molecular complexity index is 298. The van der Waals surface area contributed by atoms with Crippen LogP contribution in [0.5, 0.6) is 0 Å². The van der Waals surface area contributed by atoms with Crippen LogP contribution in [0.2, 0.25) is 0 Å². The van der Waals surface area contributed by atoms with E-state index in [0.717, 1.165) is 26.1 Å². The molecule has 0 aliphatic heterocycles. The van der Waals surface area contributed by atoms with E-state index in [1.807, 2.05) is 0 Å². The molecule has 0 aliphatic carbocycles. The summed E-state index contributed by atoms with van der Waals surface area (Å²) < 4.78 is 0. The minimum atomic E-state index is 0.579. The lowest BCUT2D eigenvalue weighted by Crippen LogP contribution is -2.23. The van der Waals surface area contributed by atoms with Gasteiger partial charge in [-0.3, -0.25) is 4.90 Å². The van der Waals surface area contributed by atoms with Crippen LogP contribution in [-0.2, 0) is 17.8 Å². The first-order chi connectivity index (χ1) is 7.81. The Labute approximate surface area is 98.2 Å². The van der Waals surface area contributed by atoms with Gasteiger partial charge in [0.15, 0.2) is 0 Å². The summed E-state index contributed by atoms with van der Waals surface area (Å²) >= 11 is 0. The molecular weight excluding hydrogens is 200 g/mol. The summed E-state index contributed by atoms with van der Waals surface area (Å²) in [6.45, 7) is 8.13. The molecule has 0 radical (unpaired) electrons. The molecule has 1 aromatic rings. The van der Waals surface area contributed by atoms with Gasteiger partial charge in [0, 0.05) is 6.54 Å². The summed E-state index contributed by atoms with van der Waals surface area (Å²) in [6, 6.07) is 8.49. The topological polar surface area (TPSA) is 38.5 Å². The minimum absolute atomic E-state index is 0.579. The van der Waals surface area contributed by atoms with E-state index >= 15 is 0 Å². The maximum Gasteiger partial charge on any atom is 0.0719 e. The molecule has 1 aromatic carbocycles. The number of nitrogens with zero attached hydrogens (tertiary/aromatic N) is 1. The summed E-state index contributed by atoms with van der Waals surface area (Å²) in [6.07, 6.45) is 0.883. The van der Waals surface area contributed by atoms with E-state index in [2.05, 4.69) is 47.9 Å². The summed E-state index contributed by atoms with van der Waals surface area (Å²) in [5, 5.41) is 0. The van der Waals surface area contributed by atoms with Crippen molar-refractivity contribution in [2.45, 2.75) is 26.8 Å². The van der Waals surface area contributed by atoms with Crippen molar-refractivity contribution in [2.24, 2.45) is 5.90 Å². The van der Waals surface area contributed by atoms with Gasteiger partial charge in [0.2, 0.25) is 0 Å². The average molecular weight is 222 g/mol. The van der Waals surface area contributed by atoms with Crippen LogP contribution in [0.25, 0.3) is 0 Å². The van der Waals surface area contributed by atoms with Gasteiger partial charge in [-0.05, 0) is 30.6 Å². The number of nitrogens with two attached hydrogens (primary N) is 1. The van der Waals surface area contributed by atoms with Crippen LogP contribution >= 0.6 is 0 Å². The second kappa shape index (κ2) is 7.39. The third-order valence-electron chi connectivity index (χ3n) is 2.90. The van der Waals surface area contributed by atoms with Gasteiger partial charge in [0.1, 0.15) is 0 Å². The fraction of sp³-hybridized carbons (Fsp3) is 0.538. The number of hydrogen-bond acceptors (Lipinski definition) is 3. The highest BCUT2D eigenvalue weighted by Crippen LogP contribution is 2.12. The molecule has 0 heterocycles. The highest BCUT2D eigenvalue weighted by Gasteiger charge is 2.05. The van der Waals surface area contributed by atoms with E-state index in [-0.39, 0.29) is 0 Å². The van der Waals surface area contributed by atoms with E-state index in [1.54, 1.807) is 0 Å². The zero-order valence-corrected chi connectivity index (χ0v) is 10.3. The molecule has 3 nitrogen and oxygen atoms in total. The van der Waals surface area contributed by atoms with E-state index in [4.69, 9.17) is 5.90 Å². The molecule has 90 valence electrons. The molecule has 0 saturated carbocycles. The van der Waals surface area contributed by atoms with Crippen molar-refractivity contribution < 1.29 is 4.84 Å². The fourth-order valence-corrected chi connectivity index (χ4v) is 1.81. The Morgan fingerprint density at radius 2 is 1.75 bits per heavy atom. The predicted molar refractivity (Wildman–Crippen MR) is 66.9 cm³/mol. The Balaban J connectivity index is 2.69. The van der Waals surface area contributed by atoms with Crippen molar-refractivity contribution in [1.29, 1.82) is 0 Å². The fourth-order valence-electron chi connectivity index (χ4n) is 1.81. The molecular formula is C13H22N2O. The Morgan fingerprint density at radius 1 is 1.12 bits per heavy atom. The monoisotopic (exact) mass is 222 g/mol. The first kappa shape index (κ1) is 13.2. The van der Waals surface area contributed by atoms with Crippen LogP contribution in [0.15, 0.2) is 24.3 Å². The van der Waals surface area contributed by atoms with Gasteiger partial charge >= 0.3 is 0 Å². The molecule has 0 unspecified atom stereocenters. The lowest BCUT2D eigenvalue weighted by Gasteiger charge is -2.20. The second-order valence-corrected chi connectivity index (χ2v) is 3.85. The Hall–Kier alpha value is -0.900. The maximum atomic E-state index is 5.07. The largest absolute Gasteiger partial charge is 0.304 e. The van der Waals surface area contributed by atoms with E-state index in [9.17, 15) is 0 Å². The summed E-state index contributed by atoms with van der Waals surface area (Å²) in [7, 11) is 0. The molecule has 1 rings (SSSR count). The van der Waals surface area contributed by atoms with Gasteiger partial charge in [-0.25, -0.2) is 5.90 Å². The van der Waals surface area contributed by atoms with Crippen molar-refractivity contribution in [3.63, 3.8) is 0 Å². The number of benzene rings is 1. The minimum Gasteiger partial charge on any atom is -0.304 e. The van der Waals surface area contributed by atoms with Crippen LogP contribution in [0, 0.1) is 0 Å². The van der Waals surface area contributed by atoms with Gasteiger partial charge in [-0.15, -0.1) is 0 Å². The van der Waals surface area contributed by atoms with Gasteiger partial charge in [-0.2, -0.15) is 0 Å². The standard InChI is InChI=1S/C13H22N2O/c1-3-15(4-2)11-13-8-6-5-7-12(13)9-10-16-14/h5-8H,3-4,9-11,14H2,1-2H3. The highest BCUT2D eigenvalue weighted by molar-refractivity contribution is 5.27. The van der Waals surface area contributed by atoms with Crippen molar-refractivity contribution >= 4 is 0 Å². The zero-order chi connectivity index (χ0) is 11.8. The van der Waals surface area contributed by atoms with E-state index in [0.29, 0.717) is 6.61 Å². The number of rotatable bonds is 7. The van der Waals surface area contributed by atoms with Crippen molar-refractivity contribution in [1.82, 2.24) is 4.90 Å². The van der Waals surface area contributed by atoms with Crippen LogP contribution in [0.3, 0.4) is 0 Å². The molecule has 2 N–H and O–H groups in total. The maximum absolute atomic E-state index is 5.07. The number of hydrogen-bond donors (Lipinski definition) is 1. The first-order valence-corrected chi connectivity index (χ1v) is 5.92. The van der Waals surface area contributed by atoms with Crippen molar-refractivity contribution in [2.75, 3.05) is 19.7 Å². The lowest BCUT2D eigenvalue weighted by molar-refractivity contribution is 0.141. The van der Waals surface area contributed by atoms with Crippen LogP contribution in [-0.4, -0.2) is 24.6 Å². The molecule has 0 atom stereocenters. The van der Waals surface area contributed by atoms with Crippen LogP contribution in [0.1, 0.15) is 25.0 Å². The van der Waals surface area contributed by atoms with Crippen LogP contribution < -0.4 is 5.90 Å². The van der Waals surface area contributed by atoms with Gasteiger partial charge < -0.3 is 4.84 Å². The third kappa shape index (κ3) is 3.93. The van der Waals surface area contributed by atoms with Crippen molar-refractivity contribution in [3.05, 3.63) is 35.4 Å². The first-order valence-electron chi connectivity index (χ1n) is 5.92. The summed E-state index contributed by atoms with van der Waals surface area (Å²) in [5.41, 5.74) is 2.71. The second-order valence-electron chi connectivity index (χ2n) is 3.85. The van der Waals surface area contributed by atoms with Crippen LogP contribution in [0.4, 0.5) is 0 Å². The molecule has 0 amide bonds. The van der Waals surface area contributed by atoms with Crippen molar-refractivity contribution in [3.8, 4) is 0 Å². The predicted octanol–water partition coefficient (Wildman–Crippen LogP) is 1.96. The zero-order valence-electron chi connectivity index (χ0n) is 10.3. The third-order valence-corrected chi connectivity index (χ3v) is 2.90. The van der Waals surface area contributed by atoms with Gasteiger partial charge in [0.25, 0.3) is 0 Å². The molecule has 0 bridgehead atoms. The molecule has 0 fully saturated rings. The quantitative estimate of drug-likeness (QED) is 0.717. The molecule has 0 aromatic heterocycles. The molecule has 0 aliphatic rings. The Kier molecular flexibility index (Phi) is 6.08. The van der Waals surface area contributed by atoms with E-state index < -0.39 is 0 Å². The average Bonchev–Trinajstić information content (AvgIpc) is 2.34. The van der Waals surface area contributed by atoms with E-state index in [1.165, 1.54) is 11.1 Å². The molecule has 0 spiro atoms. The SMILES string of the molecule is CCN(CC)Cc1ccccc1CCON. The molecule has 16 heavy (non-hydrogen) atoms. The summed E-state index contributed by atoms with van der Waals surface area (Å²) in [5.74, 6) is 5.07. The highest BCUT2D eigenvalue weighted by atomic mass is 16.6.